The first-order chi connectivity index (χ1) is 17.7. The van der Waals surface area contributed by atoms with E-state index in [1.807, 2.05) is 70.0 Å². The summed E-state index contributed by atoms with van der Waals surface area (Å²) >= 11 is 0. The predicted molar refractivity (Wildman–Crippen MR) is 134 cm³/mol. The molecule has 6 aromatic rings. The minimum Gasteiger partial charge on any atom is -0.226 e. The van der Waals surface area contributed by atoms with Gasteiger partial charge in [0.15, 0.2) is 0 Å². The van der Waals surface area contributed by atoms with Crippen molar-refractivity contribution in [2.75, 3.05) is 0 Å². The Morgan fingerprint density at radius 2 is 1.00 bits per heavy atom. The van der Waals surface area contributed by atoms with Gasteiger partial charge in [0.1, 0.15) is 10.1 Å². The van der Waals surface area contributed by atoms with E-state index < -0.39 is 0 Å². The molecule has 2 aromatic carbocycles. The zero-order chi connectivity index (χ0) is 24.5. The standard InChI is InChI=1S/C22H18N12S2/c1-31-27-19(25-29-31)17-13-23-33(15-9-5-3-6-10-15)21(17)35-36-22-18(20-26-30-32(2)28-20)14-24-34(22)16-11-7-4-8-12-16/h3-14H,1-2H3. The van der Waals surface area contributed by atoms with E-state index >= 15 is 0 Å². The van der Waals surface area contributed by atoms with E-state index in [0.29, 0.717) is 11.6 Å². The first kappa shape index (κ1) is 22.2. The van der Waals surface area contributed by atoms with Crippen LogP contribution in [0.4, 0.5) is 0 Å². The van der Waals surface area contributed by atoms with Crippen LogP contribution in [0.5, 0.6) is 0 Å². The van der Waals surface area contributed by atoms with Gasteiger partial charge in [-0.05, 0) is 56.3 Å². The molecule has 0 aliphatic carbocycles. The zero-order valence-corrected chi connectivity index (χ0v) is 20.7. The van der Waals surface area contributed by atoms with Crippen LogP contribution < -0.4 is 0 Å². The monoisotopic (exact) mass is 514 g/mol. The highest BCUT2D eigenvalue weighted by Crippen LogP contribution is 2.45. The molecular weight excluding hydrogens is 496 g/mol. The second-order valence-electron chi connectivity index (χ2n) is 7.59. The van der Waals surface area contributed by atoms with Crippen molar-refractivity contribution in [2.45, 2.75) is 10.1 Å². The van der Waals surface area contributed by atoms with Crippen molar-refractivity contribution in [1.29, 1.82) is 0 Å². The normalized spacial score (nSPS) is 11.3. The number of benzene rings is 2. The van der Waals surface area contributed by atoms with E-state index in [9.17, 15) is 0 Å². The van der Waals surface area contributed by atoms with Gasteiger partial charge in [-0.15, -0.1) is 20.4 Å². The van der Waals surface area contributed by atoms with Gasteiger partial charge in [0.2, 0.25) is 11.6 Å². The lowest BCUT2D eigenvalue weighted by atomic mass is 10.3. The Morgan fingerprint density at radius 3 is 1.36 bits per heavy atom. The third-order valence-electron chi connectivity index (χ3n) is 5.15. The molecule has 4 heterocycles. The predicted octanol–water partition coefficient (Wildman–Crippen LogP) is 3.24. The van der Waals surface area contributed by atoms with Crippen LogP contribution in [0.1, 0.15) is 0 Å². The maximum Gasteiger partial charge on any atom is 0.209 e. The molecule has 0 saturated heterocycles. The first-order valence-corrected chi connectivity index (χ1v) is 12.9. The van der Waals surface area contributed by atoms with E-state index in [2.05, 4.69) is 41.0 Å². The van der Waals surface area contributed by atoms with Gasteiger partial charge in [0, 0.05) is 0 Å². The fourth-order valence-electron chi connectivity index (χ4n) is 3.51. The summed E-state index contributed by atoms with van der Waals surface area (Å²) in [6.07, 6.45) is 3.51. The molecule has 0 spiro atoms. The van der Waals surface area contributed by atoms with Crippen molar-refractivity contribution >= 4 is 21.6 Å². The van der Waals surface area contributed by atoms with Crippen LogP contribution >= 0.6 is 21.6 Å². The Balaban J connectivity index is 1.44. The number of hydrogen-bond donors (Lipinski definition) is 0. The Bertz CT molecular complexity index is 1500. The van der Waals surface area contributed by atoms with Gasteiger partial charge >= 0.3 is 0 Å². The van der Waals surface area contributed by atoms with E-state index in [0.717, 1.165) is 32.6 Å². The van der Waals surface area contributed by atoms with E-state index in [1.165, 1.54) is 31.2 Å². The lowest BCUT2D eigenvalue weighted by Gasteiger charge is -2.10. The summed E-state index contributed by atoms with van der Waals surface area (Å²) in [6.45, 7) is 0. The highest BCUT2D eigenvalue weighted by Gasteiger charge is 2.23. The van der Waals surface area contributed by atoms with E-state index in [-0.39, 0.29) is 0 Å². The van der Waals surface area contributed by atoms with Gasteiger partial charge in [-0.3, -0.25) is 0 Å². The molecular formula is C22H18N12S2. The Kier molecular flexibility index (Phi) is 5.79. The molecule has 0 N–H and O–H groups in total. The molecule has 12 nitrogen and oxygen atoms in total. The number of tetrazole rings is 2. The SMILES string of the molecule is Cn1nnc(-c2cnn(-c3ccccc3)c2SSc2c(-c3nnn(C)n3)cnn2-c2ccccc2)n1. The fourth-order valence-corrected chi connectivity index (χ4v) is 6.02. The van der Waals surface area contributed by atoms with Gasteiger partial charge in [-0.25, -0.2) is 9.36 Å². The van der Waals surface area contributed by atoms with Gasteiger partial charge in [0.25, 0.3) is 0 Å². The highest BCUT2D eigenvalue weighted by molar-refractivity contribution is 8.76. The van der Waals surface area contributed by atoms with Crippen molar-refractivity contribution in [1.82, 2.24) is 60.0 Å². The molecule has 6 rings (SSSR count). The van der Waals surface area contributed by atoms with E-state index in [4.69, 9.17) is 0 Å². The molecule has 0 atom stereocenters. The quantitative estimate of drug-likeness (QED) is 0.293. The molecule has 36 heavy (non-hydrogen) atoms. The lowest BCUT2D eigenvalue weighted by molar-refractivity contribution is 0.630. The molecule has 0 amide bonds. The minimum atomic E-state index is 0.496. The summed E-state index contributed by atoms with van der Waals surface area (Å²) in [5.41, 5.74) is 3.38. The lowest BCUT2D eigenvalue weighted by Crippen LogP contribution is -1.99. The summed E-state index contributed by atoms with van der Waals surface area (Å²) in [4.78, 5) is 2.86. The summed E-state index contributed by atoms with van der Waals surface area (Å²) in [7, 11) is 6.50. The average molecular weight is 515 g/mol. The zero-order valence-electron chi connectivity index (χ0n) is 19.1. The van der Waals surface area contributed by atoms with Crippen molar-refractivity contribution in [3.05, 3.63) is 73.1 Å². The molecule has 178 valence electrons. The van der Waals surface area contributed by atoms with Crippen molar-refractivity contribution in [2.24, 2.45) is 14.1 Å². The van der Waals surface area contributed by atoms with E-state index in [1.54, 1.807) is 26.5 Å². The Labute approximate surface area is 212 Å². The second-order valence-corrected chi connectivity index (χ2v) is 9.70. The van der Waals surface area contributed by atoms with Crippen LogP contribution in [0.2, 0.25) is 0 Å². The van der Waals surface area contributed by atoms with Crippen molar-refractivity contribution in [3.63, 3.8) is 0 Å². The molecule has 0 radical (unpaired) electrons. The average Bonchev–Trinajstić information content (AvgIpc) is 3.70. The third-order valence-corrected chi connectivity index (χ3v) is 7.53. The maximum absolute atomic E-state index is 4.64. The number of aryl methyl sites for hydroxylation is 2. The maximum atomic E-state index is 4.64. The molecule has 14 heteroatoms. The first-order valence-electron chi connectivity index (χ1n) is 10.8. The molecule has 0 saturated carbocycles. The minimum absolute atomic E-state index is 0.496. The summed E-state index contributed by atoms with van der Waals surface area (Å²) in [5, 5.41) is 36.2. The van der Waals surface area contributed by atoms with Gasteiger partial charge < -0.3 is 0 Å². The number of aromatic nitrogens is 12. The fraction of sp³-hybridized carbons (Fsp3) is 0.0909. The Hall–Kier alpha value is -4.30. The number of rotatable bonds is 7. The summed E-state index contributed by atoms with van der Waals surface area (Å²) < 4.78 is 3.74. The molecule has 4 aromatic heterocycles. The molecule has 0 unspecified atom stereocenters. The summed E-state index contributed by atoms with van der Waals surface area (Å²) in [5.74, 6) is 0.991. The van der Waals surface area contributed by atoms with Gasteiger partial charge in [0.05, 0.1) is 49.0 Å². The van der Waals surface area contributed by atoms with Crippen LogP contribution in [0.3, 0.4) is 0 Å². The van der Waals surface area contributed by atoms with Crippen molar-refractivity contribution in [3.8, 4) is 34.2 Å². The van der Waals surface area contributed by atoms with Crippen LogP contribution in [-0.4, -0.2) is 60.0 Å². The Morgan fingerprint density at radius 1 is 0.583 bits per heavy atom. The number of para-hydroxylation sites is 2. The van der Waals surface area contributed by atoms with Crippen LogP contribution in [-0.2, 0) is 14.1 Å². The number of nitrogens with zero attached hydrogens (tertiary/aromatic N) is 12. The largest absolute Gasteiger partial charge is 0.226 e. The molecule has 0 bridgehead atoms. The smallest absolute Gasteiger partial charge is 0.209 e. The van der Waals surface area contributed by atoms with Crippen LogP contribution in [0.25, 0.3) is 34.2 Å². The van der Waals surface area contributed by atoms with Crippen molar-refractivity contribution < 1.29 is 0 Å². The molecule has 0 aliphatic rings. The third kappa shape index (κ3) is 4.16. The van der Waals surface area contributed by atoms with Crippen LogP contribution in [0.15, 0.2) is 83.1 Å². The summed E-state index contributed by atoms with van der Waals surface area (Å²) in [6, 6.07) is 19.8. The van der Waals surface area contributed by atoms with Crippen LogP contribution in [0, 0.1) is 0 Å². The number of hydrogen-bond acceptors (Lipinski definition) is 10. The van der Waals surface area contributed by atoms with Gasteiger partial charge in [-0.2, -0.15) is 19.8 Å². The van der Waals surface area contributed by atoms with Gasteiger partial charge in [-0.1, -0.05) is 36.4 Å². The topological polar surface area (TPSA) is 123 Å². The highest BCUT2D eigenvalue weighted by atomic mass is 33.1. The molecule has 0 fully saturated rings. The second kappa shape index (κ2) is 9.39. The molecule has 0 aliphatic heterocycles.